The lowest BCUT2D eigenvalue weighted by Gasteiger charge is -2.24. The summed E-state index contributed by atoms with van der Waals surface area (Å²) in [6.45, 7) is 0.779. The van der Waals surface area contributed by atoms with Gasteiger partial charge < -0.3 is 10.6 Å². The SMILES string of the molecule is O=S1(=O)N=C(NCC2CCCCC2)Nc2ccc(I)cc21. The van der Waals surface area contributed by atoms with Gasteiger partial charge in [0.2, 0.25) is 5.96 Å². The molecule has 1 aliphatic heterocycles. The standard InChI is InChI=1S/C14H18IN3O2S/c15-11-6-7-12-13(8-11)21(19,20)18-14(17-12)16-9-10-4-2-1-3-5-10/h6-8,10H,1-5,9H2,(H2,16,17,18). The largest absolute Gasteiger partial charge is 0.355 e. The Morgan fingerprint density at radius 3 is 2.81 bits per heavy atom. The smallest absolute Gasteiger partial charge is 0.287 e. The predicted octanol–water partition coefficient (Wildman–Crippen LogP) is 2.93. The Balaban J connectivity index is 1.74. The van der Waals surface area contributed by atoms with Gasteiger partial charge in [-0.25, -0.2) is 0 Å². The molecule has 1 saturated carbocycles. The lowest BCUT2D eigenvalue weighted by atomic mass is 9.89. The van der Waals surface area contributed by atoms with E-state index in [4.69, 9.17) is 0 Å². The molecule has 2 aliphatic rings. The molecule has 0 saturated heterocycles. The van der Waals surface area contributed by atoms with Crippen molar-refractivity contribution in [2.24, 2.45) is 10.3 Å². The molecule has 114 valence electrons. The number of guanidine groups is 1. The minimum atomic E-state index is -3.61. The maximum Gasteiger partial charge on any atom is 0.287 e. The van der Waals surface area contributed by atoms with Gasteiger partial charge in [-0.05, 0) is 59.5 Å². The second-order valence-electron chi connectivity index (χ2n) is 5.57. The first-order valence-electron chi connectivity index (χ1n) is 7.20. The van der Waals surface area contributed by atoms with E-state index >= 15 is 0 Å². The summed E-state index contributed by atoms with van der Waals surface area (Å²) in [7, 11) is -3.61. The molecule has 21 heavy (non-hydrogen) atoms. The number of benzene rings is 1. The van der Waals surface area contributed by atoms with E-state index in [1.54, 1.807) is 12.1 Å². The van der Waals surface area contributed by atoms with Crippen LogP contribution in [0.5, 0.6) is 0 Å². The van der Waals surface area contributed by atoms with Crippen molar-refractivity contribution < 1.29 is 8.42 Å². The Morgan fingerprint density at radius 1 is 1.29 bits per heavy atom. The maximum atomic E-state index is 12.2. The van der Waals surface area contributed by atoms with E-state index in [1.165, 1.54) is 32.1 Å². The van der Waals surface area contributed by atoms with Crippen LogP contribution in [-0.2, 0) is 10.0 Å². The molecule has 2 N–H and O–H groups in total. The second kappa shape index (κ2) is 6.12. The first-order valence-corrected chi connectivity index (χ1v) is 9.72. The van der Waals surface area contributed by atoms with Gasteiger partial charge in [0.1, 0.15) is 4.90 Å². The summed E-state index contributed by atoms with van der Waals surface area (Å²) in [4.78, 5) is 0.248. The molecule has 0 aromatic heterocycles. The summed E-state index contributed by atoms with van der Waals surface area (Å²) in [5, 5.41) is 6.24. The first kappa shape index (κ1) is 15.1. The van der Waals surface area contributed by atoms with Crippen molar-refractivity contribution in [2.45, 2.75) is 37.0 Å². The number of hydrogen-bond donors (Lipinski definition) is 2. The number of nitrogens with zero attached hydrogens (tertiary/aromatic N) is 1. The lowest BCUT2D eigenvalue weighted by Crippen LogP contribution is -2.38. The van der Waals surface area contributed by atoms with E-state index in [1.807, 2.05) is 6.07 Å². The van der Waals surface area contributed by atoms with E-state index < -0.39 is 10.0 Å². The van der Waals surface area contributed by atoms with Crippen LogP contribution in [0.25, 0.3) is 0 Å². The van der Waals surface area contributed by atoms with Crippen molar-refractivity contribution in [1.82, 2.24) is 5.32 Å². The fourth-order valence-electron chi connectivity index (χ4n) is 2.84. The summed E-state index contributed by atoms with van der Waals surface area (Å²) in [5.74, 6) is 0.957. The van der Waals surface area contributed by atoms with Crippen LogP contribution >= 0.6 is 22.6 Å². The van der Waals surface area contributed by atoms with Gasteiger partial charge in [-0.1, -0.05) is 19.3 Å². The van der Waals surface area contributed by atoms with Crippen LogP contribution in [0.1, 0.15) is 32.1 Å². The Labute approximate surface area is 138 Å². The van der Waals surface area contributed by atoms with Crippen molar-refractivity contribution in [1.29, 1.82) is 0 Å². The number of hydrogen-bond acceptors (Lipinski definition) is 4. The molecule has 1 aromatic rings. The van der Waals surface area contributed by atoms with Gasteiger partial charge in [-0.2, -0.15) is 8.42 Å². The zero-order valence-electron chi connectivity index (χ0n) is 11.6. The van der Waals surface area contributed by atoms with Gasteiger partial charge in [0.05, 0.1) is 5.69 Å². The Bertz CT molecular complexity index is 667. The third kappa shape index (κ3) is 3.50. The van der Waals surface area contributed by atoms with Crippen LogP contribution in [0.3, 0.4) is 0 Å². The first-order chi connectivity index (χ1) is 10.0. The molecule has 1 aromatic carbocycles. The summed E-state index contributed by atoms with van der Waals surface area (Å²) in [6.07, 6.45) is 6.28. The van der Waals surface area contributed by atoms with Gasteiger partial charge >= 0.3 is 0 Å². The van der Waals surface area contributed by atoms with Gasteiger partial charge in [0.25, 0.3) is 10.0 Å². The third-order valence-corrected chi connectivity index (χ3v) is 5.96. The molecule has 1 fully saturated rings. The average Bonchev–Trinajstić information content (AvgIpc) is 2.47. The van der Waals surface area contributed by atoms with E-state index in [0.717, 1.165) is 10.1 Å². The van der Waals surface area contributed by atoms with Gasteiger partial charge in [0.15, 0.2) is 0 Å². The number of halogens is 1. The van der Waals surface area contributed by atoms with Crippen molar-refractivity contribution >= 4 is 44.3 Å². The van der Waals surface area contributed by atoms with Gasteiger partial charge in [-0.15, -0.1) is 4.40 Å². The molecule has 1 aliphatic carbocycles. The molecule has 5 nitrogen and oxygen atoms in total. The van der Waals surface area contributed by atoms with Crippen LogP contribution < -0.4 is 10.6 Å². The highest BCUT2D eigenvalue weighted by atomic mass is 127. The minimum Gasteiger partial charge on any atom is -0.355 e. The minimum absolute atomic E-state index is 0.248. The van der Waals surface area contributed by atoms with Crippen LogP contribution in [0.2, 0.25) is 0 Å². The number of fused-ring (bicyclic) bond motifs is 1. The van der Waals surface area contributed by atoms with Crippen LogP contribution in [0.15, 0.2) is 27.5 Å². The van der Waals surface area contributed by atoms with Crippen molar-refractivity contribution in [3.05, 3.63) is 21.8 Å². The normalized spacial score (nSPS) is 21.1. The van der Waals surface area contributed by atoms with Crippen molar-refractivity contribution in [2.75, 3.05) is 11.9 Å². The predicted molar refractivity (Wildman–Crippen MR) is 92.0 cm³/mol. The summed E-state index contributed by atoms with van der Waals surface area (Å²) in [6, 6.07) is 5.30. The van der Waals surface area contributed by atoms with Crippen molar-refractivity contribution in [3.63, 3.8) is 0 Å². The van der Waals surface area contributed by atoms with Crippen LogP contribution in [0.4, 0.5) is 5.69 Å². The summed E-state index contributed by atoms with van der Waals surface area (Å²) < 4.78 is 29.2. The Morgan fingerprint density at radius 2 is 2.05 bits per heavy atom. The summed E-state index contributed by atoms with van der Waals surface area (Å²) >= 11 is 2.10. The van der Waals surface area contributed by atoms with Gasteiger partial charge in [-0.3, -0.25) is 0 Å². The molecule has 1 heterocycles. The quantitative estimate of drug-likeness (QED) is 0.724. The number of rotatable bonds is 2. The van der Waals surface area contributed by atoms with E-state index in [2.05, 4.69) is 37.6 Å². The molecule has 3 rings (SSSR count). The molecule has 0 radical (unpaired) electrons. The fraction of sp³-hybridized carbons (Fsp3) is 0.500. The van der Waals surface area contributed by atoms with Crippen LogP contribution in [-0.4, -0.2) is 20.9 Å². The molecule has 0 bridgehead atoms. The molecule has 0 spiro atoms. The number of sulfonamides is 1. The summed E-state index contributed by atoms with van der Waals surface area (Å²) in [5.41, 5.74) is 0.594. The Hall–Kier alpha value is -0.830. The number of nitrogens with one attached hydrogen (secondary N) is 2. The Kier molecular flexibility index (Phi) is 4.39. The molecular weight excluding hydrogens is 401 g/mol. The van der Waals surface area contributed by atoms with Crippen LogP contribution in [0, 0.1) is 9.49 Å². The lowest BCUT2D eigenvalue weighted by molar-refractivity contribution is 0.357. The topological polar surface area (TPSA) is 70.6 Å². The third-order valence-electron chi connectivity index (χ3n) is 3.97. The van der Waals surface area contributed by atoms with Crippen molar-refractivity contribution in [3.8, 4) is 0 Å². The van der Waals surface area contributed by atoms with Gasteiger partial charge in [0, 0.05) is 10.1 Å². The zero-order chi connectivity index (χ0) is 14.9. The number of anilines is 1. The molecule has 0 amide bonds. The van der Waals surface area contributed by atoms with E-state index in [0.29, 0.717) is 17.6 Å². The highest BCUT2D eigenvalue weighted by Gasteiger charge is 2.25. The molecule has 0 atom stereocenters. The highest BCUT2D eigenvalue weighted by molar-refractivity contribution is 14.1. The fourth-order valence-corrected chi connectivity index (χ4v) is 4.67. The molecular formula is C14H18IN3O2S. The monoisotopic (exact) mass is 419 g/mol. The second-order valence-corrected chi connectivity index (χ2v) is 8.38. The molecule has 0 unspecified atom stereocenters. The van der Waals surface area contributed by atoms with E-state index in [9.17, 15) is 8.42 Å². The molecule has 7 heteroatoms. The zero-order valence-corrected chi connectivity index (χ0v) is 14.6. The average molecular weight is 419 g/mol. The maximum absolute atomic E-state index is 12.2. The highest BCUT2D eigenvalue weighted by Crippen LogP contribution is 2.28. The van der Waals surface area contributed by atoms with E-state index in [-0.39, 0.29) is 4.90 Å².